The molecule has 18 heavy (non-hydrogen) atoms. The van der Waals surface area contributed by atoms with Crippen molar-refractivity contribution >= 4 is 28.5 Å². The van der Waals surface area contributed by atoms with Gasteiger partial charge in [-0.15, -0.1) is 0 Å². The van der Waals surface area contributed by atoms with Crippen LogP contribution in [0.25, 0.3) is 0 Å². The molecule has 0 bridgehead atoms. The Bertz CT molecular complexity index is 365. The summed E-state index contributed by atoms with van der Waals surface area (Å²) in [5.41, 5.74) is 2.31. The number of rotatable bonds is 8. The molecule has 0 aliphatic carbocycles. The van der Waals surface area contributed by atoms with E-state index in [0.29, 0.717) is 6.42 Å². The summed E-state index contributed by atoms with van der Waals surface area (Å²) in [7, 11) is 0. The van der Waals surface area contributed by atoms with Crippen LogP contribution >= 0.6 is 22.6 Å². The fourth-order valence-corrected chi connectivity index (χ4v) is 2.38. The Morgan fingerprint density at radius 2 is 1.89 bits per heavy atom. The summed E-state index contributed by atoms with van der Waals surface area (Å²) in [5, 5.41) is 2.99. The van der Waals surface area contributed by atoms with Gasteiger partial charge < -0.3 is 5.32 Å². The van der Waals surface area contributed by atoms with Crippen molar-refractivity contribution in [2.45, 2.75) is 39.0 Å². The van der Waals surface area contributed by atoms with Crippen molar-refractivity contribution in [1.29, 1.82) is 0 Å². The van der Waals surface area contributed by atoms with Crippen LogP contribution in [0.3, 0.4) is 0 Å². The predicted octanol–water partition coefficient (Wildman–Crippen LogP) is 3.65. The van der Waals surface area contributed by atoms with Crippen molar-refractivity contribution in [3.8, 4) is 0 Å². The SMILES string of the molecule is Cc1ccccc1CC(=O)NCCCCCCI. The number of carbonyl (C=O) groups is 1. The van der Waals surface area contributed by atoms with Crippen molar-refractivity contribution in [1.82, 2.24) is 5.32 Å². The van der Waals surface area contributed by atoms with Gasteiger partial charge in [0.25, 0.3) is 0 Å². The zero-order chi connectivity index (χ0) is 13.2. The number of hydrogen-bond acceptors (Lipinski definition) is 1. The summed E-state index contributed by atoms with van der Waals surface area (Å²) in [6.07, 6.45) is 5.37. The van der Waals surface area contributed by atoms with Gasteiger partial charge in [-0.1, -0.05) is 59.7 Å². The second-order valence-electron chi connectivity index (χ2n) is 4.56. The fourth-order valence-electron chi connectivity index (χ4n) is 1.84. The minimum atomic E-state index is 0.137. The topological polar surface area (TPSA) is 29.1 Å². The first-order chi connectivity index (χ1) is 8.74. The Kier molecular flexibility index (Phi) is 8.05. The number of hydrogen-bond donors (Lipinski definition) is 1. The van der Waals surface area contributed by atoms with E-state index in [1.807, 2.05) is 31.2 Å². The van der Waals surface area contributed by atoms with Crippen LogP contribution in [0.4, 0.5) is 0 Å². The molecule has 0 aliphatic rings. The Labute approximate surface area is 124 Å². The molecule has 0 spiro atoms. The van der Waals surface area contributed by atoms with Gasteiger partial charge in [0.1, 0.15) is 0 Å². The summed E-state index contributed by atoms with van der Waals surface area (Å²) >= 11 is 2.40. The zero-order valence-corrected chi connectivity index (χ0v) is 13.2. The maximum absolute atomic E-state index is 11.7. The molecule has 0 radical (unpaired) electrons. The Balaban J connectivity index is 2.16. The normalized spacial score (nSPS) is 10.3. The minimum Gasteiger partial charge on any atom is -0.356 e. The molecule has 1 N–H and O–H groups in total. The van der Waals surface area contributed by atoms with Gasteiger partial charge in [0, 0.05) is 6.54 Å². The van der Waals surface area contributed by atoms with Crippen molar-refractivity contribution in [2.24, 2.45) is 0 Å². The summed E-state index contributed by atoms with van der Waals surface area (Å²) in [5.74, 6) is 0.137. The van der Waals surface area contributed by atoms with Gasteiger partial charge in [0.2, 0.25) is 5.91 Å². The summed E-state index contributed by atoms with van der Waals surface area (Å²) in [4.78, 5) is 11.7. The average molecular weight is 359 g/mol. The number of aryl methyl sites for hydroxylation is 1. The van der Waals surface area contributed by atoms with Crippen LogP contribution in [0.15, 0.2) is 24.3 Å². The highest BCUT2D eigenvalue weighted by Gasteiger charge is 2.04. The van der Waals surface area contributed by atoms with Crippen molar-refractivity contribution in [2.75, 3.05) is 11.0 Å². The van der Waals surface area contributed by atoms with Gasteiger partial charge in [-0.25, -0.2) is 0 Å². The highest BCUT2D eigenvalue weighted by molar-refractivity contribution is 14.1. The number of alkyl halides is 1. The lowest BCUT2D eigenvalue weighted by molar-refractivity contribution is -0.120. The van der Waals surface area contributed by atoms with Crippen LogP contribution in [0.1, 0.15) is 36.8 Å². The molecule has 0 atom stereocenters. The van der Waals surface area contributed by atoms with Gasteiger partial charge in [0.15, 0.2) is 0 Å². The van der Waals surface area contributed by atoms with Gasteiger partial charge >= 0.3 is 0 Å². The quantitative estimate of drug-likeness (QED) is 0.429. The van der Waals surface area contributed by atoms with E-state index < -0.39 is 0 Å². The predicted molar refractivity (Wildman–Crippen MR) is 85.2 cm³/mol. The molecule has 0 heterocycles. The molecule has 0 saturated carbocycles. The van der Waals surface area contributed by atoms with Crippen LogP contribution in [0.5, 0.6) is 0 Å². The molecule has 0 fully saturated rings. The van der Waals surface area contributed by atoms with Gasteiger partial charge in [0.05, 0.1) is 6.42 Å². The summed E-state index contributed by atoms with van der Waals surface area (Å²) in [6.45, 7) is 2.86. The molecule has 1 aromatic rings. The van der Waals surface area contributed by atoms with E-state index in [2.05, 4.69) is 27.9 Å². The highest BCUT2D eigenvalue weighted by Crippen LogP contribution is 2.07. The van der Waals surface area contributed by atoms with Crippen LogP contribution in [-0.2, 0) is 11.2 Å². The molecule has 0 unspecified atom stereocenters. The second-order valence-corrected chi connectivity index (χ2v) is 5.64. The number of benzene rings is 1. The maximum atomic E-state index is 11.7. The van der Waals surface area contributed by atoms with Crippen LogP contribution in [0, 0.1) is 6.92 Å². The second kappa shape index (κ2) is 9.36. The lowest BCUT2D eigenvalue weighted by Crippen LogP contribution is -2.26. The van der Waals surface area contributed by atoms with Crippen LogP contribution in [-0.4, -0.2) is 16.9 Å². The van der Waals surface area contributed by atoms with E-state index in [4.69, 9.17) is 0 Å². The molecule has 0 aromatic heterocycles. The molecular formula is C15H22INO. The summed E-state index contributed by atoms with van der Waals surface area (Å²) < 4.78 is 1.23. The third kappa shape index (κ3) is 6.38. The molecule has 100 valence electrons. The van der Waals surface area contributed by atoms with E-state index in [1.165, 1.54) is 29.3 Å². The first-order valence-corrected chi connectivity index (χ1v) is 8.13. The smallest absolute Gasteiger partial charge is 0.224 e. The lowest BCUT2D eigenvalue weighted by atomic mass is 10.1. The highest BCUT2D eigenvalue weighted by atomic mass is 127. The monoisotopic (exact) mass is 359 g/mol. The molecule has 2 nitrogen and oxygen atoms in total. The van der Waals surface area contributed by atoms with Crippen LogP contribution in [0.2, 0.25) is 0 Å². The number of amides is 1. The Hall–Kier alpha value is -0.580. The standard InChI is InChI=1S/C15H22INO/c1-13-8-4-5-9-14(13)12-15(18)17-11-7-3-2-6-10-16/h4-5,8-9H,2-3,6-7,10-12H2,1H3,(H,17,18). The maximum Gasteiger partial charge on any atom is 0.224 e. The fraction of sp³-hybridized carbons (Fsp3) is 0.533. The number of nitrogens with one attached hydrogen (secondary N) is 1. The molecule has 1 rings (SSSR count). The number of halogens is 1. The molecular weight excluding hydrogens is 337 g/mol. The molecule has 1 aromatic carbocycles. The first-order valence-electron chi connectivity index (χ1n) is 6.61. The Morgan fingerprint density at radius 3 is 2.61 bits per heavy atom. The lowest BCUT2D eigenvalue weighted by Gasteiger charge is -2.07. The van der Waals surface area contributed by atoms with Crippen molar-refractivity contribution in [3.05, 3.63) is 35.4 Å². The first kappa shape index (κ1) is 15.5. The van der Waals surface area contributed by atoms with E-state index in [0.717, 1.165) is 18.5 Å². The zero-order valence-electron chi connectivity index (χ0n) is 11.0. The third-order valence-electron chi connectivity index (χ3n) is 2.99. The van der Waals surface area contributed by atoms with E-state index in [1.54, 1.807) is 0 Å². The van der Waals surface area contributed by atoms with E-state index in [-0.39, 0.29) is 5.91 Å². The third-order valence-corrected chi connectivity index (χ3v) is 3.76. The average Bonchev–Trinajstić information content (AvgIpc) is 2.36. The molecule has 0 aliphatic heterocycles. The van der Waals surface area contributed by atoms with Gasteiger partial charge in [-0.05, 0) is 35.3 Å². The minimum absolute atomic E-state index is 0.137. The number of unbranched alkanes of at least 4 members (excludes halogenated alkanes) is 3. The largest absolute Gasteiger partial charge is 0.356 e. The van der Waals surface area contributed by atoms with Crippen LogP contribution < -0.4 is 5.32 Å². The molecule has 0 saturated heterocycles. The van der Waals surface area contributed by atoms with Gasteiger partial charge in [-0.3, -0.25) is 4.79 Å². The van der Waals surface area contributed by atoms with E-state index in [9.17, 15) is 4.79 Å². The van der Waals surface area contributed by atoms with Crippen molar-refractivity contribution in [3.63, 3.8) is 0 Å². The van der Waals surface area contributed by atoms with E-state index >= 15 is 0 Å². The Morgan fingerprint density at radius 1 is 1.17 bits per heavy atom. The number of carbonyl (C=O) groups excluding carboxylic acids is 1. The van der Waals surface area contributed by atoms with Gasteiger partial charge in [-0.2, -0.15) is 0 Å². The summed E-state index contributed by atoms with van der Waals surface area (Å²) in [6, 6.07) is 8.06. The molecule has 1 amide bonds. The van der Waals surface area contributed by atoms with Crippen molar-refractivity contribution < 1.29 is 4.79 Å². The molecule has 3 heteroatoms.